The highest BCUT2D eigenvalue weighted by atomic mass is 32.1. The summed E-state index contributed by atoms with van der Waals surface area (Å²) in [6.45, 7) is 2.13. The van der Waals surface area contributed by atoms with E-state index in [1.54, 1.807) is 0 Å². The molecular formula is C13H12F2N2OS. The average molecular weight is 282 g/mol. The molecule has 0 aliphatic carbocycles. The molecule has 0 saturated carbocycles. The van der Waals surface area contributed by atoms with Crippen LogP contribution in [0.1, 0.15) is 20.8 Å². The molecule has 0 saturated heterocycles. The number of carbonyl (C=O) groups excluding carboxylic acids is 1. The third-order valence-electron chi connectivity index (χ3n) is 2.73. The maximum atomic E-state index is 13.6. The monoisotopic (exact) mass is 282 g/mol. The Labute approximate surface area is 113 Å². The number of carbonyl (C=O) groups is 1. The highest BCUT2D eigenvalue weighted by molar-refractivity contribution is 7.10. The molecule has 1 heterocycles. The number of halogens is 2. The van der Waals surface area contributed by atoms with Crippen LogP contribution in [0, 0.1) is 18.6 Å². The lowest BCUT2D eigenvalue weighted by molar-refractivity contribution is 0.0943. The van der Waals surface area contributed by atoms with Gasteiger partial charge in [-0.3, -0.25) is 4.79 Å². The van der Waals surface area contributed by atoms with Gasteiger partial charge in [0.15, 0.2) is 5.82 Å². The molecule has 0 atom stereocenters. The van der Waals surface area contributed by atoms with Gasteiger partial charge >= 0.3 is 0 Å². The number of nitrogens with one attached hydrogen (secondary N) is 1. The fourth-order valence-electron chi connectivity index (χ4n) is 1.61. The van der Waals surface area contributed by atoms with Crippen LogP contribution < -0.4 is 11.1 Å². The number of nitrogens with two attached hydrogens (primary N) is 1. The minimum absolute atomic E-state index is 0.232. The molecule has 19 heavy (non-hydrogen) atoms. The zero-order valence-corrected chi connectivity index (χ0v) is 11.0. The van der Waals surface area contributed by atoms with Gasteiger partial charge in [0.1, 0.15) is 11.4 Å². The smallest absolute Gasteiger partial charge is 0.257 e. The predicted octanol–water partition coefficient (Wildman–Crippen LogP) is 2.85. The number of amides is 1. The first-order valence-electron chi connectivity index (χ1n) is 5.55. The summed E-state index contributed by atoms with van der Waals surface area (Å²) in [6, 6.07) is 3.97. The Hall–Kier alpha value is -1.95. The Kier molecular flexibility index (Phi) is 3.80. The summed E-state index contributed by atoms with van der Waals surface area (Å²) in [5.41, 5.74) is 5.45. The zero-order valence-electron chi connectivity index (χ0n) is 10.2. The van der Waals surface area contributed by atoms with Crippen LogP contribution in [-0.2, 0) is 6.54 Å². The summed E-state index contributed by atoms with van der Waals surface area (Å²) < 4.78 is 27.1. The summed E-state index contributed by atoms with van der Waals surface area (Å²) >= 11 is 1.47. The van der Waals surface area contributed by atoms with Crippen LogP contribution in [0.15, 0.2) is 23.6 Å². The summed E-state index contributed by atoms with van der Waals surface area (Å²) in [5.74, 6) is -2.76. The first-order valence-corrected chi connectivity index (χ1v) is 6.43. The molecule has 1 aromatic carbocycles. The van der Waals surface area contributed by atoms with E-state index < -0.39 is 23.1 Å². The Morgan fingerprint density at radius 2 is 2.11 bits per heavy atom. The number of hydrogen-bond donors (Lipinski definition) is 2. The van der Waals surface area contributed by atoms with Gasteiger partial charge < -0.3 is 11.1 Å². The lowest BCUT2D eigenvalue weighted by Crippen LogP contribution is -2.25. The van der Waals surface area contributed by atoms with Crippen molar-refractivity contribution in [2.45, 2.75) is 13.5 Å². The average Bonchev–Trinajstić information content (AvgIpc) is 2.77. The van der Waals surface area contributed by atoms with Gasteiger partial charge in [-0.05, 0) is 36.1 Å². The lowest BCUT2D eigenvalue weighted by Gasteiger charge is -2.08. The number of rotatable bonds is 3. The Morgan fingerprint density at radius 1 is 1.37 bits per heavy atom. The van der Waals surface area contributed by atoms with Crippen molar-refractivity contribution in [1.29, 1.82) is 0 Å². The van der Waals surface area contributed by atoms with E-state index in [0.29, 0.717) is 0 Å². The van der Waals surface area contributed by atoms with Crippen molar-refractivity contribution in [1.82, 2.24) is 5.32 Å². The Morgan fingerprint density at radius 3 is 2.74 bits per heavy atom. The van der Waals surface area contributed by atoms with Crippen molar-refractivity contribution < 1.29 is 13.6 Å². The van der Waals surface area contributed by atoms with Gasteiger partial charge in [0, 0.05) is 4.88 Å². The summed E-state index contributed by atoms with van der Waals surface area (Å²) in [6.07, 6.45) is 0. The van der Waals surface area contributed by atoms with Gasteiger partial charge in [-0.1, -0.05) is 0 Å². The Bertz CT molecular complexity index is 625. The second kappa shape index (κ2) is 5.36. The molecule has 2 aromatic rings. The van der Waals surface area contributed by atoms with Crippen LogP contribution in [0.3, 0.4) is 0 Å². The van der Waals surface area contributed by atoms with E-state index in [4.69, 9.17) is 5.73 Å². The van der Waals surface area contributed by atoms with E-state index in [-0.39, 0.29) is 12.2 Å². The van der Waals surface area contributed by atoms with E-state index in [9.17, 15) is 13.6 Å². The summed E-state index contributed by atoms with van der Waals surface area (Å²) in [5, 5.41) is 4.37. The van der Waals surface area contributed by atoms with Gasteiger partial charge in [-0.25, -0.2) is 8.78 Å². The molecule has 6 heteroatoms. The number of benzene rings is 1. The highest BCUT2D eigenvalue weighted by Gasteiger charge is 2.19. The molecule has 0 radical (unpaired) electrons. The molecule has 0 aliphatic rings. The van der Waals surface area contributed by atoms with Gasteiger partial charge in [0.25, 0.3) is 5.91 Å². The van der Waals surface area contributed by atoms with Crippen molar-refractivity contribution in [2.75, 3.05) is 5.73 Å². The number of hydrogen-bond acceptors (Lipinski definition) is 3. The molecule has 0 unspecified atom stereocenters. The topological polar surface area (TPSA) is 55.1 Å². The van der Waals surface area contributed by atoms with Crippen molar-refractivity contribution in [3.8, 4) is 0 Å². The standard InChI is InChI=1S/C13H12F2N2OS/c1-7-4-5-19-10(7)6-17-13(18)11-8(14)2-3-9(16)12(11)15/h2-5H,6,16H2,1H3,(H,17,18). The highest BCUT2D eigenvalue weighted by Crippen LogP contribution is 2.19. The van der Waals surface area contributed by atoms with Gasteiger partial charge in [-0.15, -0.1) is 11.3 Å². The Balaban J connectivity index is 2.17. The SMILES string of the molecule is Cc1ccsc1CNC(=O)c1c(F)ccc(N)c1F. The van der Waals surface area contributed by atoms with Gasteiger partial charge in [-0.2, -0.15) is 0 Å². The third-order valence-corrected chi connectivity index (χ3v) is 3.75. The van der Waals surface area contributed by atoms with Crippen LogP contribution in [0.5, 0.6) is 0 Å². The van der Waals surface area contributed by atoms with E-state index in [1.165, 1.54) is 11.3 Å². The third kappa shape index (κ3) is 2.73. The zero-order chi connectivity index (χ0) is 14.0. The molecule has 0 aliphatic heterocycles. The van der Waals surface area contributed by atoms with Crippen molar-refractivity contribution in [3.63, 3.8) is 0 Å². The second-order valence-electron chi connectivity index (χ2n) is 4.04. The fourth-order valence-corrected chi connectivity index (χ4v) is 2.46. The maximum Gasteiger partial charge on any atom is 0.257 e. The van der Waals surface area contributed by atoms with E-state index in [2.05, 4.69) is 5.32 Å². The molecule has 0 bridgehead atoms. The minimum Gasteiger partial charge on any atom is -0.396 e. The predicted molar refractivity (Wildman–Crippen MR) is 71.0 cm³/mol. The van der Waals surface area contributed by atoms with Crippen molar-refractivity contribution >= 4 is 22.9 Å². The van der Waals surface area contributed by atoms with Crippen molar-refractivity contribution in [3.05, 3.63) is 51.2 Å². The van der Waals surface area contributed by atoms with Gasteiger partial charge in [0.05, 0.1) is 12.2 Å². The molecule has 100 valence electrons. The van der Waals surface area contributed by atoms with Crippen LogP contribution in [0.4, 0.5) is 14.5 Å². The molecule has 2 rings (SSSR count). The lowest BCUT2D eigenvalue weighted by atomic mass is 10.1. The number of thiophene rings is 1. The first kappa shape index (κ1) is 13.5. The first-order chi connectivity index (χ1) is 9.00. The summed E-state index contributed by atoms with van der Waals surface area (Å²) in [4.78, 5) is 12.7. The number of anilines is 1. The molecule has 0 spiro atoms. The second-order valence-corrected chi connectivity index (χ2v) is 5.04. The largest absolute Gasteiger partial charge is 0.396 e. The summed E-state index contributed by atoms with van der Waals surface area (Å²) in [7, 11) is 0. The quantitative estimate of drug-likeness (QED) is 0.850. The van der Waals surface area contributed by atoms with Crippen molar-refractivity contribution in [2.24, 2.45) is 0 Å². The molecular weight excluding hydrogens is 270 g/mol. The van der Waals surface area contributed by atoms with E-state index in [0.717, 1.165) is 22.6 Å². The fraction of sp³-hybridized carbons (Fsp3) is 0.154. The van der Waals surface area contributed by atoms with Crippen LogP contribution in [0.25, 0.3) is 0 Å². The molecule has 3 N–H and O–H groups in total. The minimum atomic E-state index is -1.03. The molecule has 0 fully saturated rings. The maximum absolute atomic E-state index is 13.6. The van der Waals surface area contributed by atoms with Gasteiger partial charge in [0.2, 0.25) is 0 Å². The van der Waals surface area contributed by atoms with Crippen LogP contribution in [0.2, 0.25) is 0 Å². The normalized spacial score (nSPS) is 10.5. The number of nitrogen functional groups attached to an aromatic ring is 1. The van der Waals surface area contributed by atoms with Crippen LogP contribution in [-0.4, -0.2) is 5.91 Å². The molecule has 1 aromatic heterocycles. The van der Waals surface area contributed by atoms with E-state index in [1.807, 2.05) is 18.4 Å². The van der Waals surface area contributed by atoms with E-state index >= 15 is 0 Å². The molecule has 3 nitrogen and oxygen atoms in total. The number of aryl methyl sites for hydroxylation is 1. The van der Waals surface area contributed by atoms with Crippen LogP contribution >= 0.6 is 11.3 Å². The molecule has 1 amide bonds.